The molecule has 0 heterocycles. The predicted octanol–water partition coefficient (Wildman–Crippen LogP) is 1.92. The van der Waals surface area contributed by atoms with Crippen molar-refractivity contribution in [3.05, 3.63) is 35.9 Å². The van der Waals surface area contributed by atoms with E-state index in [1.165, 1.54) is 0 Å². The van der Waals surface area contributed by atoms with E-state index < -0.39 is 18.2 Å². The lowest BCUT2D eigenvalue weighted by Gasteiger charge is -2.09. The quantitative estimate of drug-likeness (QED) is 0.784. The van der Waals surface area contributed by atoms with Gasteiger partial charge in [-0.05, 0) is 18.4 Å². The molecule has 0 aliphatic heterocycles. The van der Waals surface area contributed by atoms with Crippen LogP contribution in [0.3, 0.4) is 0 Å². The minimum Gasteiger partial charge on any atom is -0.479 e. The summed E-state index contributed by atoms with van der Waals surface area (Å²) in [4.78, 5) is 10.3. The first-order valence-corrected chi connectivity index (χ1v) is 4.71. The van der Waals surface area contributed by atoms with Gasteiger partial charge in [-0.25, -0.2) is 9.18 Å². The molecule has 2 atom stereocenters. The maximum absolute atomic E-state index is 13.5. The number of hydrogen-bond acceptors (Lipinski definition) is 2. The molecule has 2 N–H and O–H groups in total. The molecule has 0 spiro atoms. The van der Waals surface area contributed by atoms with Gasteiger partial charge in [0.2, 0.25) is 0 Å². The van der Waals surface area contributed by atoms with E-state index in [0.29, 0.717) is 5.56 Å². The highest BCUT2D eigenvalue weighted by Gasteiger charge is 2.16. The van der Waals surface area contributed by atoms with Gasteiger partial charge in [0.15, 0.2) is 6.10 Å². The molecular weight excluding hydrogens is 199 g/mol. The van der Waals surface area contributed by atoms with Gasteiger partial charge in [0.25, 0.3) is 0 Å². The summed E-state index contributed by atoms with van der Waals surface area (Å²) in [5.41, 5.74) is 0.509. The number of carboxylic acid groups (broad SMARTS) is 1. The Morgan fingerprint density at radius 1 is 1.27 bits per heavy atom. The number of rotatable bonds is 5. The SMILES string of the molecule is O=C(O)C(O)CCC(F)c1ccccc1. The first-order valence-electron chi connectivity index (χ1n) is 4.71. The summed E-state index contributed by atoms with van der Waals surface area (Å²) in [6.07, 6.45) is -2.77. The molecule has 4 heteroatoms. The zero-order valence-electron chi connectivity index (χ0n) is 8.14. The molecule has 0 aromatic heterocycles. The van der Waals surface area contributed by atoms with Gasteiger partial charge in [-0.2, -0.15) is 0 Å². The molecule has 1 aromatic carbocycles. The number of alkyl halides is 1. The van der Waals surface area contributed by atoms with Crippen molar-refractivity contribution < 1.29 is 19.4 Å². The molecule has 1 rings (SSSR count). The molecule has 0 amide bonds. The van der Waals surface area contributed by atoms with Crippen LogP contribution in [0.1, 0.15) is 24.6 Å². The smallest absolute Gasteiger partial charge is 0.332 e. The maximum Gasteiger partial charge on any atom is 0.332 e. The number of carbonyl (C=O) groups is 1. The van der Waals surface area contributed by atoms with E-state index in [9.17, 15) is 9.18 Å². The first-order chi connectivity index (χ1) is 7.11. The zero-order valence-corrected chi connectivity index (χ0v) is 8.14. The molecule has 0 saturated heterocycles. The van der Waals surface area contributed by atoms with Gasteiger partial charge in [0.05, 0.1) is 0 Å². The molecule has 0 saturated carbocycles. The minimum absolute atomic E-state index is 0.0114. The van der Waals surface area contributed by atoms with Crippen LogP contribution < -0.4 is 0 Å². The number of aliphatic hydroxyl groups excluding tert-OH is 1. The van der Waals surface area contributed by atoms with Crippen LogP contribution in [0.5, 0.6) is 0 Å². The van der Waals surface area contributed by atoms with Crippen molar-refractivity contribution in [2.75, 3.05) is 0 Å². The van der Waals surface area contributed by atoms with Crippen molar-refractivity contribution in [1.82, 2.24) is 0 Å². The van der Waals surface area contributed by atoms with Gasteiger partial charge in [0.1, 0.15) is 6.17 Å². The Morgan fingerprint density at radius 2 is 1.87 bits per heavy atom. The van der Waals surface area contributed by atoms with Crippen molar-refractivity contribution in [3.8, 4) is 0 Å². The van der Waals surface area contributed by atoms with Crippen LogP contribution >= 0.6 is 0 Å². The molecule has 3 nitrogen and oxygen atoms in total. The average Bonchev–Trinajstić information content (AvgIpc) is 2.26. The second kappa shape index (κ2) is 5.46. The fourth-order valence-corrected chi connectivity index (χ4v) is 1.26. The molecule has 1 aromatic rings. The van der Waals surface area contributed by atoms with Gasteiger partial charge in [0, 0.05) is 0 Å². The number of carboxylic acids is 1. The maximum atomic E-state index is 13.5. The highest BCUT2D eigenvalue weighted by molar-refractivity contribution is 5.71. The number of aliphatic carboxylic acids is 1. The van der Waals surface area contributed by atoms with Crippen LogP contribution in [0.25, 0.3) is 0 Å². The van der Waals surface area contributed by atoms with Crippen LogP contribution in [0, 0.1) is 0 Å². The molecule has 0 aliphatic rings. The molecule has 0 fully saturated rings. The standard InChI is InChI=1S/C11H13FO3/c12-9(6-7-10(13)11(14)15)8-4-2-1-3-5-8/h1-5,9-10,13H,6-7H2,(H,14,15). The topological polar surface area (TPSA) is 57.5 Å². The summed E-state index contributed by atoms with van der Waals surface area (Å²) < 4.78 is 13.5. The number of hydrogen-bond donors (Lipinski definition) is 2. The lowest BCUT2D eigenvalue weighted by atomic mass is 10.0. The highest BCUT2D eigenvalue weighted by atomic mass is 19.1. The van der Waals surface area contributed by atoms with E-state index >= 15 is 0 Å². The van der Waals surface area contributed by atoms with Gasteiger partial charge >= 0.3 is 5.97 Å². The summed E-state index contributed by atoms with van der Waals surface area (Å²) in [6, 6.07) is 8.49. The lowest BCUT2D eigenvalue weighted by Crippen LogP contribution is -2.19. The number of halogens is 1. The van der Waals surface area contributed by atoms with Gasteiger partial charge in [-0.3, -0.25) is 0 Å². The summed E-state index contributed by atoms with van der Waals surface area (Å²) in [7, 11) is 0. The van der Waals surface area contributed by atoms with Crippen LogP contribution in [-0.4, -0.2) is 22.3 Å². The van der Waals surface area contributed by atoms with Gasteiger partial charge < -0.3 is 10.2 Å². The Bertz CT molecular complexity index is 313. The molecule has 0 radical (unpaired) electrons. The third kappa shape index (κ3) is 3.67. The van der Waals surface area contributed by atoms with E-state index in [-0.39, 0.29) is 12.8 Å². The Hall–Kier alpha value is -1.42. The Balaban J connectivity index is 2.43. The summed E-state index contributed by atoms with van der Waals surface area (Å²) in [6.45, 7) is 0. The van der Waals surface area contributed by atoms with E-state index in [1.807, 2.05) is 0 Å². The van der Waals surface area contributed by atoms with E-state index in [1.54, 1.807) is 30.3 Å². The van der Waals surface area contributed by atoms with Crippen LogP contribution in [-0.2, 0) is 4.79 Å². The van der Waals surface area contributed by atoms with Crippen molar-refractivity contribution in [2.45, 2.75) is 25.1 Å². The fraction of sp³-hybridized carbons (Fsp3) is 0.364. The Kier molecular flexibility index (Phi) is 4.24. The lowest BCUT2D eigenvalue weighted by molar-refractivity contribution is -0.147. The molecule has 2 unspecified atom stereocenters. The summed E-state index contributed by atoms with van der Waals surface area (Å²) >= 11 is 0. The van der Waals surface area contributed by atoms with Crippen LogP contribution in [0.4, 0.5) is 4.39 Å². The van der Waals surface area contributed by atoms with E-state index in [4.69, 9.17) is 10.2 Å². The van der Waals surface area contributed by atoms with Crippen LogP contribution in [0.2, 0.25) is 0 Å². The Labute approximate surface area is 87.2 Å². The zero-order chi connectivity index (χ0) is 11.3. The average molecular weight is 212 g/mol. The van der Waals surface area contributed by atoms with Gasteiger partial charge in [-0.15, -0.1) is 0 Å². The predicted molar refractivity (Wildman–Crippen MR) is 53.2 cm³/mol. The minimum atomic E-state index is -1.48. The molecule has 0 aliphatic carbocycles. The first kappa shape index (κ1) is 11.7. The molecule has 15 heavy (non-hydrogen) atoms. The summed E-state index contributed by atoms with van der Waals surface area (Å²) in [5, 5.41) is 17.3. The van der Waals surface area contributed by atoms with E-state index in [2.05, 4.69) is 0 Å². The molecular formula is C11H13FO3. The van der Waals surface area contributed by atoms with E-state index in [0.717, 1.165) is 0 Å². The van der Waals surface area contributed by atoms with Crippen molar-refractivity contribution in [2.24, 2.45) is 0 Å². The fourth-order valence-electron chi connectivity index (χ4n) is 1.26. The van der Waals surface area contributed by atoms with Gasteiger partial charge in [-0.1, -0.05) is 30.3 Å². The second-order valence-corrected chi connectivity index (χ2v) is 3.31. The number of aliphatic hydroxyl groups is 1. The normalized spacial score (nSPS) is 14.5. The molecule has 0 bridgehead atoms. The molecule has 82 valence electrons. The summed E-state index contributed by atoms with van der Waals surface area (Å²) in [5.74, 6) is -1.31. The third-order valence-corrected chi connectivity index (χ3v) is 2.14. The second-order valence-electron chi connectivity index (χ2n) is 3.31. The van der Waals surface area contributed by atoms with Crippen LogP contribution in [0.15, 0.2) is 30.3 Å². The number of benzene rings is 1. The van der Waals surface area contributed by atoms with Crippen molar-refractivity contribution >= 4 is 5.97 Å². The largest absolute Gasteiger partial charge is 0.479 e. The highest BCUT2D eigenvalue weighted by Crippen LogP contribution is 2.22. The third-order valence-electron chi connectivity index (χ3n) is 2.14. The Morgan fingerprint density at radius 3 is 2.40 bits per heavy atom. The van der Waals surface area contributed by atoms with Crippen molar-refractivity contribution in [3.63, 3.8) is 0 Å². The monoisotopic (exact) mass is 212 g/mol. The van der Waals surface area contributed by atoms with Crippen molar-refractivity contribution in [1.29, 1.82) is 0 Å².